The van der Waals surface area contributed by atoms with Gasteiger partial charge in [-0.2, -0.15) is 5.10 Å². The molecular weight excluding hydrogens is 368 g/mol. The van der Waals surface area contributed by atoms with Crippen LogP contribution in [0.2, 0.25) is 0 Å². The van der Waals surface area contributed by atoms with E-state index in [1.807, 2.05) is 25.5 Å². The Bertz CT molecular complexity index is 981. The van der Waals surface area contributed by atoms with Crippen LogP contribution in [0, 0.1) is 18.6 Å². The van der Waals surface area contributed by atoms with Crippen LogP contribution in [-0.4, -0.2) is 15.7 Å². The molecule has 0 fully saturated rings. The Balaban J connectivity index is 1.61. The lowest BCUT2D eigenvalue weighted by molar-refractivity contribution is 0.0907. The van der Waals surface area contributed by atoms with Crippen molar-refractivity contribution < 1.29 is 22.7 Å². The van der Waals surface area contributed by atoms with E-state index in [-0.39, 0.29) is 30.1 Å². The molecule has 0 spiro atoms. The first kappa shape index (κ1) is 19.6. The summed E-state index contributed by atoms with van der Waals surface area (Å²) in [5, 5.41) is 7.14. The molecule has 3 aromatic rings. The van der Waals surface area contributed by atoms with Gasteiger partial charge in [-0.05, 0) is 45.0 Å². The van der Waals surface area contributed by atoms with E-state index in [0.717, 1.165) is 29.9 Å². The third-order valence-electron chi connectivity index (χ3n) is 4.40. The topological polar surface area (TPSA) is 69.3 Å². The molecule has 0 aliphatic carbocycles. The van der Waals surface area contributed by atoms with Crippen molar-refractivity contribution in [2.75, 3.05) is 0 Å². The summed E-state index contributed by atoms with van der Waals surface area (Å²) in [7, 11) is 0. The molecule has 3 rings (SSSR count). The molecule has 2 heterocycles. The van der Waals surface area contributed by atoms with E-state index in [1.165, 1.54) is 12.1 Å². The van der Waals surface area contributed by atoms with Crippen molar-refractivity contribution in [3.05, 3.63) is 70.9 Å². The van der Waals surface area contributed by atoms with Gasteiger partial charge >= 0.3 is 0 Å². The minimum Gasteiger partial charge on any atom is -0.483 e. The summed E-state index contributed by atoms with van der Waals surface area (Å²) >= 11 is 0. The number of aryl methyl sites for hydroxylation is 1. The van der Waals surface area contributed by atoms with Gasteiger partial charge in [-0.15, -0.1) is 0 Å². The number of aromatic nitrogens is 2. The number of nitrogens with one attached hydrogen (secondary N) is 1. The van der Waals surface area contributed by atoms with Gasteiger partial charge < -0.3 is 14.5 Å². The summed E-state index contributed by atoms with van der Waals surface area (Å²) in [4.78, 5) is 12.4. The van der Waals surface area contributed by atoms with Crippen molar-refractivity contribution in [3.8, 4) is 5.75 Å². The van der Waals surface area contributed by atoms with E-state index in [4.69, 9.17) is 9.15 Å². The number of amides is 1. The van der Waals surface area contributed by atoms with Crippen molar-refractivity contribution in [1.29, 1.82) is 0 Å². The van der Waals surface area contributed by atoms with Crippen molar-refractivity contribution in [1.82, 2.24) is 15.1 Å². The second-order valence-corrected chi connectivity index (χ2v) is 6.33. The summed E-state index contributed by atoms with van der Waals surface area (Å²) in [6.45, 7) is 6.48. The normalized spacial score (nSPS) is 12.0. The van der Waals surface area contributed by atoms with E-state index in [2.05, 4.69) is 10.4 Å². The summed E-state index contributed by atoms with van der Waals surface area (Å²) in [5.41, 5.74) is 1.92. The number of rotatable bonds is 7. The highest BCUT2D eigenvalue weighted by Gasteiger charge is 2.18. The van der Waals surface area contributed by atoms with E-state index in [1.54, 1.807) is 12.3 Å². The lowest BCUT2D eigenvalue weighted by Gasteiger charge is -2.13. The van der Waals surface area contributed by atoms with E-state index in [9.17, 15) is 13.6 Å². The number of ether oxygens (including phenoxy) is 1. The monoisotopic (exact) mass is 389 g/mol. The first-order valence-corrected chi connectivity index (χ1v) is 8.88. The third kappa shape index (κ3) is 4.21. The Labute approximate surface area is 161 Å². The maximum absolute atomic E-state index is 13.6. The second-order valence-electron chi connectivity index (χ2n) is 6.33. The quantitative estimate of drug-likeness (QED) is 0.659. The molecule has 2 aromatic heterocycles. The molecule has 148 valence electrons. The number of nitrogens with zero attached hydrogens (tertiary/aromatic N) is 2. The van der Waals surface area contributed by atoms with E-state index >= 15 is 0 Å². The first-order valence-electron chi connectivity index (χ1n) is 8.88. The SMILES string of the molecule is CCn1ncc(C(C)NC(=O)c2ccc(COc3ccc(F)cc3F)o2)c1C. The number of halogens is 2. The molecule has 0 bridgehead atoms. The summed E-state index contributed by atoms with van der Waals surface area (Å²) in [6.07, 6.45) is 1.74. The van der Waals surface area contributed by atoms with Crippen LogP contribution in [-0.2, 0) is 13.2 Å². The smallest absolute Gasteiger partial charge is 0.287 e. The van der Waals surface area contributed by atoms with Crippen LogP contribution in [0.4, 0.5) is 8.78 Å². The Morgan fingerprint density at radius 3 is 2.79 bits per heavy atom. The van der Waals surface area contributed by atoms with Crippen molar-refractivity contribution in [2.24, 2.45) is 0 Å². The fourth-order valence-corrected chi connectivity index (χ4v) is 2.87. The fourth-order valence-electron chi connectivity index (χ4n) is 2.87. The summed E-state index contributed by atoms with van der Waals surface area (Å²) in [6, 6.07) is 5.88. The molecule has 1 amide bonds. The van der Waals surface area contributed by atoms with Crippen LogP contribution in [0.15, 0.2) is 40.9 Å². The molecule has 0 radical (unpaired) electrons. The summed E-state index contributed by atoms with van der Waals surface area (Å²) < 4.78 is 39.1. The number of benzene rings is 1. The van der Waals surface area contributed by atoms with Crippen LogP contribution in [0.3, 0.4) is 0 Å². The minimum absolute atomic E-state index is 0.0895. The molecule has 0 aliphatic heterocycles. The van der Waals surface area contributed by atoms with Gasteiger partial charge in [0.1, 0.15) is 18.2 Å². The highest BCUT2D eigenvalue weighted by molar-refractivity contribution is 5.91. The highest BCUT2D eigenvalue weighted by atomic mass is 19.1. The molecule has 0 saturated heterocycles. The lowest BCUT2D eigenvalue weighted by atomic mass is 10.1. The van der Waals surface area contributed by atoms with Crippen molar-refractivity contribution >= 4 is 5.91 Å². The average Bonchev–Trinajstić information content (AvgIpc) is 3.27. The van der Waals surface area contributed by atoms with Crippen molar-refractivity contribution in [2.45, 2.75) is 40.0 Å². The zero-order chi connectivity index (χ0) is 20.3. The van der Waals surface area contributed by atoms with Gasteiger partial charge in [0.25, 0.3) is 5.91 Å². The van der Waals surface area contributed by atoms with E-state index < -0.39 is 11.6 Å². The van der Waals surface area contributed by atoms with Crippen molar-refractivity contribution in [3.63, 3.8) is 0 Å². The van der Waals surface area contributed by atoms with Crippen LogP contribution in [0.1, 0.15) is 47.5 Å². The zero-order valence-electron chi connectivity index (χ0n) is 15.8. The lowest BCUT2D eigenvalue weighted by Crippen LogP contribution is -2.26. The van der Waals surface area contributed by atoms with E-state index in [0.29, 0.717) is 5.76 Å². The molecule has 1 N–H and O–H groups in total. The van der Waals surface area contributed by atoms with Gasteiger partial charge in [0.2, 0.25) is 0 Å². The largest absolute Gasteiger partial charge is 0.483 e. The first-order chi connectivity index (χ1) is 13.4. The van der Waals surface area contributed by atoms with Gasteiger partial charge in [-0.3, -0.25) is 9.48 Å². The molecule has 0 saturated carbocycles. The predicted molar refractivity (Wildman–Crippen MR) is 97.9 cm³/mol. The molecule has 1 aromatic carbocycles. The molecule has 0 aliphatic rings. The summed E-state index contributed by atoms with van der Waals surface area (Å²) in [5.74, 6) is -1.50. The van der Waals surface area contributed by atoms with Gasteiger partial charge in [-0.25, -0.2) is 8.78 Å². The number of hydrogen-bond donors (Lipinski definition) is 1. The van der Waals surface area contributed by atoms with Crippen LogP contribution in [0.5, 0.6) is 5.75 Å². The Hall–Kier alpha value is -3.16. The fraction of sp³-hybridized carbons (Fsp3) is 0.300. The molecular formula is C20H21F2N3O3. The van der Waals surface area contributed by atoms with Gasteiger partial charge in [0, 0.05) is 23.9 Å². The van der Waals surface area contributed by atoms with Gasteiger partial charge in [-0.1, -0.05) is 0 Å². The molecule has 1 unspecified atom stereocenters. The molecule has 28 heavy (non-hydrogen) atoms. The van der Waals surface area contributed by atoms with Gasteiger partial charge in [0.05, 0.1) is 12.2 Å². The van der Waals surface area contributed by atoms with Gasteiger partial charge in [0.15, 0.2) is 17.3 Å². The molecule has 8 heteroatoms. The highest BCUT2D eigenvalue weighted by Crippen LogP contribution is 2.21. The molecule has 1 atom stereocenters. The number of carbonyl (C=O) groups is 1. The Morgan fingerprint density at radius 1 is 1.32 bits per heavy atom. The number of furan rings is 1. The van der Waals surface area contributed by atoms with Crippen LogP contribution in [0.25, 0.3) is 0 Å². The maximum atomic E-state index is 13.6. The second kappa shape index (κ2) is 8.24. The number of hydrogen-bond acceptors (Lipinski definition) is 4. The standard InChI is InChI=1S/C20H21F2N3O3/c1-4-25-13(3)16(10-23-25)12(2)24-20(26)19-8-6-15(28-19)11-27-18-7-5-14(21)9-17(18)22/h5-10,12H,4,11H2,1-3H3,(H,24,26). The van der Waals surface area contributed by atoms with Crippen LogP contribution < -0.4 is 10.1 Å². The number of carbonyl (C=O) groups excluding carboxylic acids is 1. The zero-order valence-corrected chi connectivity index (χ0v) is 15.8. The third-order valence-corrected chi connectivity index (χ3v) is 4.40. The average molecular weight is 389 g/mol. The predicted octanol–water partition coefficient (Wildman–Crippen LogP) is 4.15. The molecule has 6 nitrogen and oxygen atoms in total. The Morgan fingerprint density at radius 2 is 2.11 bits per heavy atom. The maximum Gasteiger partial charge on any atom is 0.287 e. The minimum atomic E-state index is -0.804. The van der Waals surface area contributed by atoms with Crippen LogP contribution >= 0.6 is 0 Å². The Kier molecular flexibility index (Phi) is 5.77.